The van der Waals surface area contributed by atoms with Gasteiger partial charge in [-0.3, -0.25) is 4.79 Å². The SMILES string of the molecule is O=c1c(O)ccc2[nH]cc3ccccc3c1-2. The number of phenols is 1. The normalized spacial score (nSPS) is 11.0. The van der Waals surface area contributed by atoms with E-state index >= 15 is 0 Å². The molecule has 0 saturated heterocycles. The highest BCUT2D eigenvalue weighted by Crippen LogP contribution is 2.26. The maximum absolute atomic E-state index is 11.9. The fraction of sp³-hybridized carbons (Fsp3) is 0. The number of pyridine rings is 1. The summed E-state index contributed by atoms with van der Waals surface area (Å²) in [6, 6.07) is 10.7. The van der Waals surface area contributed by atoms with Crippen LogP contribution in [0.15, 0.2) is 47.4 Å². The van der Waals surface area contributed by atoms with Crippen LogP contribution in [0.5, 0.6) is 5.75 Å². The number of nitrogens with one attached hydrogen (secondary N) is 1. The Hall–Kier alpha value is -2.29. The Morgan fingerprint density at radius 3 is 2.75 bits per heavy atom. The number of phenolic OH excluding ortho intramolecular Hbond substituents is 1. The number of aromatic nitrogens is 1. The Kier molecular flexibility index (Phi) is 1.74. The van der Waals surface area contributed by atoms with Crippen LogP contribution in [0, 0.1) is 0 Å². The number of benzene rings is 2. The lowest BCUT2D eigenvalue weighted by molar-refractivity contribution is 0.470. The van der Waals surface area contributed by atoms with Crippen LogP contribution in [-0.4, -0.2) is 10.1 Å². The number of hydrogen-bond acceptors (Lipinski definition) is 2. The topological polar surface area (TPSA) is 53.1 Å². The van der Waals surface area contributed by atoms with E-state index in [1.165, 1.54) is 6.07 Å². The molecule has 1 aromatic rings. The van der Waals surface area contributed by atoms with E-state index in [0.29, 0.717) is 5.56 Å². The van der Waals surface area contributed by atoms with Gasteiger partial charge in [0.15, 0.2) is 5.75 Å². The predicted molar refractivity (Wildman–Crippen MR) is 62.9 cm³/mol. The third kappa shape index (κ3) is 1.11. The summed E-state index contributed by atoms with van der Waals surface area (Å²) in [6.45, 7) is 0. The van der Waals surface area contributed by atoms with E-state index in [0.717, 1.165) is 16.5 Å². The minimum Gasteiger partial charge on any atom is -0.504 e. The average molecular weight is 211 g/mol. The van der Waals surface area contributed by atoms with Gasteiger partial charge in [0, 0.05) is 6.20 Å². The van der Waals surface area contributed by atoms with E-state index in [2.05, 4.69) is 4.98 Å². The Morgan fingerprint density at radius 2 is 1.88 bits per heavy atom. The van der Waals surface area contributed by atoms with Crippen LogP contribution in [-0.2, 0) is 0 Å². The second kappa shape index (κ2) is 3.10. The number of aromatic amines is 1. The van der Waals surface area contributed by atoms with Gasteiger partial charge in [-0.15, -0.1) is 0 Å². The smallest absolute Gasteiger partial charge is 0.230 e. The van der Waals surface area contributed by atoms with Gasteiger partial charge in [0.25, 0.3) is 0 Å². The summed E-state index contributed by atoms with van der Waals surface area (Å²) in [5, 5.41) is 11.3. The highest BCUT2D eigenvalue weighted by molar-refractivity contribution is 5.96. The van der Waals surface area contributed by atoms with Gasteiger partial charge < -0.3 is 10.1 Å². The van der Waals surface area contributed by atoms with Crippen molar-refractivity contribution < 1.29 is 5.11 Å². The van der Waals surface area contributed by atoms with Crippen LogP contribution in [0.2, 0.25) is 0 Å². The van der Waals surface area contributed by atoms with Gasteiger partial charge >= 0.3 is 0 Å². The molecule has 0 amide bonds. The maximum atomic E-state index is 11.9. The van der Waals surface area contributed by atoms with Crippen molar-refractivity contribution >= 4 is 10.8 Å². The molecule has 0 unspecified atom stereocenters. The number of hydrogen-bond donors (Lipinski definition) is 2. The summed E-state index contributed by atoms with van der Waals surface area (Å²) in [5.74, 6) is -0.211. The van der Waals surface area contributed by atoms with Crippen molar-refractivity contribution in [3.63, 3.8) is 0 Å². The summed E-state index contributed by atoms with van der Waals surface area (Å²) in [6.07, 6.45) is 1.86. The quantitative estimate of drug-likeness (QED) is 0.561. The molecule has 78 valence electrons. The Balaban J connectivity index is 2.63. The second-order valence-corrected chi connectivity index (χ2v) is 3.71. The van der Waals surface area contributed by atoms with Crippen molar-refractivity contribution in [1.29, 1.82) is 0 Å². The summed E-state index contributed by atoms with van der Waals surface area (Å²) in [7, 11) is 0. The van der Waals surface area contributed by atoms with Crippen molar-refractivity contribution in [1.82, 2.24) is 4.98 Å². The van der Waals surface area contributed by atoms with Crippen LogP contribution in [0.25, 0.3) is 22.0 Å². The molecule has 16 heavy (non-hydrogen) atoms. The molecule has 1 aliphatic heterocycles. The van der Waals surface area contributed by atoms with Crippen molar-refractivity contribution in [2.45, 2.75) is 0 Å². The molecule has 3 nitrogen and oxygen atoms in total. The lowest BCUT2D eigenvalue weighted by Gasteiger charge is -2.08. The summed E-state index contributed by atoms with van der Waals surface area (Å²) in [5.41, 5.74) is 0.949. The van der Waals surface area contributed by atoms with Crippen molar-refractivity contribution in [2.24, 2.45) is 0 Å². The third-order valence-electron chi connectivity index (χ3n) is 2.75. The number of fused-ring (bicyclic) bond motifs is 3. The van der Waals surface area contributed by atoms with Crippen LogP contribution < -0.4 is 5.43 Å². The van der Waals surface area contributed by atoms with E-state index in [1.54, 1.807) is 6.07 Å². The number of aromatic hydroxyl groups is 1. The molecule has 0 radical (unpaired) electrons. The molecule has 0 spiro atoms. The van der Waals surface area contributed by atoms with Gasteiger partial charge in [0.2, 0.25) is 5.43 Å². The Labute approximate surface area is 91.3 Å². The monoisotopic (exact) mass is 211 g/mol. The molecule has 3 rings (SSSR count). The minimum absolute atomic E-state index is 0.211. The van der Waals surface area contributed by atoms with Gasteiger partial charge in [-0.1, -0.05) is 24.3 Å². The summed E-state index contributed by atoms with van der Waals surface area (Å²) >= 11 is 0. The lowest BCUT2D eigenvalue weighted by atomic mass is 10.0. The van der Waals surface area contributed by atoms with Crippen molar-refractivity contribution in [3.05, 3.63) is 52.8 Å². The first-order chi connectivity index (χ1) is 7.77. The molecule has 1 aliphatic carbocycles. The van der Waals surface area contributed by atoms with Crippen LogP contribution in [0.1, 0.15) is 0 Å². The second-order valence-electron chi connectivity index (χ2n) is 3.71. The molecule has 3 heteroatoms. The third-order valence-corrected chi connectivity index (χ3v) is 2.75. The Bertz CT molecular complexity index is 700. The van der Waals surface area contributed by atoms with E-state index < -0.39 is 0 Å². The first kappa shape index (κ1) is 8.97. The first-order valence-electron chi connectivity index (χ1n) is 4.99. The molecule has 2 aliphatic rings. The van der Waals surface area contributed by atoms with E-state index in [-0.39, 0.29) is 11.2 Å². The standard InChI is InChI=1S/C13H9NO2/c15-11-6-5-10-12(13(11)16)9-4-2-1-3-8(9)7-14-10/h1-7,14-15H. The molecule has 1 heterocycles. The molecule has 0 bridgehead atoms. The fourth-order valence-corrected chi connectivity index (χ4v) is 1.97. The zero-order valence-corrected chi connectivity index (χ0v) is 8.40. The van der Waals surface area contributed by atoms with Gasteiger partial charge in [0.1, 0.15) is 0 Å². The van der Waals surface area contributed by atoms with E-state index in [1.807, 2.05) is 30.5 Å². The predicted octanol–water partition coefficient (Wildman–Crippen LogP) is 2.34. The van der Waals surface area contributed by atoms with E-state index in [9.17, 15) is 9.90 Å². The zero-order valence-electron chi connectivity index (χ0n) is 8.40. The highest BCUT2D eigenvalue weighted by Gasteiger charge is 2.12. The van der Waals surface area contributed by atoms with Gasteiger partial charge in [0.05, 0.1) is 11.3 Å². The molecule has 0 atom stereocenters. The largest absolute Gasteiger partial charge is 0.504 e. The molecule has 1 aromatic carbocycles. The van der Waals surface area contributed by atoms with Crippen molar-refractivity contribution in [2.75, 3.05) is 0 Å². The van der Waals surface area contributed by atoms with E-state index in [4.69, 9.17) is 0 Å². The van der Waals surface area contributed by atoms with Gasteiger partial charge in [-0.25, -0.2) is 0 Å². The summed E-state index contributed by atoms with van der Waals surface area (Å²) in [4.78, 5) is 14.9. The van der Waals surface area contributed by atoms with Gasteiger partial charge in [-0.2, -0.15) is 0 Å². The lowest BCUT2D eigenvalue weighted by Crippen LogP contribution is -2.06. The molecule has 0 saturated carbocycles. The first-order valence-corrected chi connectivity index (χ1v) is 4.99. The van der Waals surface area contributed by atoms with Crippen LogP contribution in [0.3, 0.4) is 0 Å². The average Bonchev–Trinajstić information content (AvgIpc) is 2.33. The van der Waals surface area contributed by atoms with Crippen LogP contribution >= 0.6 is 0 Å². The van der Waals surface area contributed by atoms with Crippen LogP contribution in [0.4, 0.5) is 0 Å². The molecular weight excluding hydrogens is 202 g/mol. The van der Waals surface area contributed by atoms with Gasteiger partial charge in [-0.05, 0) is 22.9 Å². The zero-order chi connectivity index (χ0) is 11.1. The Morgan fingerprint density at radius 1 is 1.06 bits per heavy atom. The number of H-pyrrole nitrogens is 1. The highest BCUT2D eigenvalue weighted by atomic mass is 16.3. The molecule has 0 fully saturated rings. The molecule has 2 N–H and O–H groups in total. The fourth-order valence-electron chi connectivity index (χ4n) is 1.97. The molecular formula is C13H9NO2. The maximum Gasteiger partial charge on any atom is 0.230 e. The number of rotatable bonds is 0. The minimum atomic E-state index is -0.328. The van der Waals surface area contributed by atoms with Crippen molar-refractivity contribution in [3.8, 4) is 17.0 Å². The molecule has 0 aromatic heterocycles. The summed E-state index contributed by atoms with van der Waals surface area (Å²) < 4.78 is 0.